The van der Waals surface area contributed by atoms with E-state index in [1.165, 1.54) is 12.1 Å². The molecule has 0 aromatic heterocycles. The second-order valence-electron chi connectivity index (χ2n) is 6.88. The van der Waals surface area contributed by atoms with Crippen LogP contribution in [0.5, 0.6) is 11.5 Å². The second kappa shape index (κ2) is 14.4. The summed E-state index contributed by atoms with van der Waals surface area (Å²) in [6, 6.07) is 12.3. The summed E-state index contributed by atoms with van der Waals surface area (Å²) in [5.41, 5.74) is 2.06. The molecular weight excluding hydrogens is 430 g/mol. The third-order valence-electron chi connectivity index (χ3n) is 4.80. The van der Waals surface area contributed by atoms with Crippen LogP contribution in [0.1, 0.15) is 17.5 Å². The molecule has 2 aromatic rings. The number of hydrogen-bond donors (Lipinski definition) is 1. The van der Waals surface area contributed by atoms with Crippen LogP contribution in [0.4, 0.5) is 4.39 Å². The molecule has 0 atom stereocenters. The average molecular weight is 461 g/mol. The molecule has 0 amide bonds. The quantitative estimate of drug-likeness (QED) is 0.541. The lowest BCUT2D eigenvalue weighted by Gasteiger charge is -2.26. The third-order valence-corrected chi connectivity index (χ3v) is 4.80. The Morgan fingerprint density at radius 2 is 1.70 bits per heavy atom. The van der Waals surface area contributed by atoms with Gasteiger partial charge in [-0.25, -0.2) is 4.39 Å². The zero-order chi connectivity index (χ0) is 19.6. The number of hydrogen-bond acceptors (Lipinski definition) is 5. The maximum Gasteiger partial charge on any atom is 0.161 e. The molecule has 168 valence electrons. The van der Waals surface area contributed by atoms with Crippen molar-refractivity contribution >= 4 is 24.8 Å². The van der Waals surface area contributed by atoms with Crippen LogP contribution in [0.25, 0.3) is 0 Å². The molecule has 1 fully saturated rings. The van der Waals surface area contributed by atoms with Crippen molar-refractivity contribution < 1.29 is 18.6 Å². The minimum Gasteiger partial charge on any atom is -0.493 e. The number of nitrogens with zero attached hydrogens (tertiary/aromatic N) is 1. The highest BCUT2D eigenvalue weighted by Crippen LogP contribution is 2.28. The first-order valence-electron chi connectivity index (χ1n) is 9.79. The number of methoxy groups -OCH3 is 1. The Balaban J connectivity index is 0.00000225. The van der Waals surface area contributed by atoms with Crippen molar-refractivity contribution in [2.75, 3.05) is 46.5 Å². The van der Waals surface area contributed by atoms with E-state index in [2.05, 4.69) is 10.2 Å². The molecule has 0 bridgehead atoms. The first kappa shape index (κ1) is 26.5. The maximum atomic E-state index is 13.0. The largest absolute Gasteiger partial charge is 0.493 e. The molecule has 2 aromatic carbocycles. The normalized spacial score (nSPS) is 13.8. The number of ether oxygens (including phenoxy) is 3. The van der Waals surface area contributed by atoms with Crippen LogP contribution in [0.3, 0.4) is 0 Å². The lowest BCUT2D eigenvalue weighted by molar-refractivity contribution is 0.0374. The van der Waals surface area contributed by atoms with Crippen molar-refractivity contribution in [3.05, 3.63) is 59.4 Å². The maximum absolute atomic E-state index is 13.0. The molecule has 5 nitrogen and oxygen atoms in total. The van der Waals surface area contributed by atoms with Crippen molar-refractivity contribution in [2.45, 2.75) is 19.6 Å². The van der Waals surface area contributed by atoms with Crippen molar-refractivity contribution in [2.24, 2.45) is 0 Å². The minimum absolute atomic E-state index is 0. The van der Waals surface area contributed by atoms with E-state index >= 15 is 0 Å². The van der Waals surface area contributed by atoms with Crippen LogP contribution in [0.15, 0.2) is 42.5 Å². The molecule has 1 aliphatic rings. The summed E-state index contributed by atoms with van der Waals surface area (Å²) in [4.78, 5) is 2.45. The molecule has 30 heavy (non-hydrogen) atoms. The average Bonchev–Trinajstić information content (AvgIpc) is 2.74. The molecular formula is C22H31Cl2FN2O3. The van der Waals surface area contributed by atoms with Crippen molar-refractivity contribution in [1.82, 2.24) is 10.2 Å². The summed E-state index contributed by atoms with van der Waals surface area (Å²) in [5, 5.41) is 3.49. The van der Waals surface area contributed by atoms with E-state index in [0.29, 0.717) is 18.1 Å². The Hall–Kier alpha value is -1.57. The van der Waals surface area contributed by atoms with Crippen LogP contribution in [-0.4, -0.2) is 51.4 Å². The van der Waals surface area contributed by atoms with Gasteiger partial charge in [0.05, 0.1) is 20.3 Å². The van der Waals surface area contributed by atoms with Gasteiger partial charge in [0, 0.05) is 19.6 Å². The number of morpholine rings is 1. The Bertz CT molecular complexity index is 729. The zero-order valence-electron chi connectivity index (χ0n) is 17.3. The zero-order valence-corrected chi connectivity index (χ0v) is 18.9. The first-order valence-corrected chi connectivity index (χ1v) is 9.79. The van der Waals surface area contributed by atoms with Gasteiger partial charge in [0.1, 0.15) is 12.4 Å². The van der Waals surface area contributed by atoms with E-state index < -0.39 is 0 Å². The lowest BCUT2D eigenvalue weighted by Crippen LogP contribution is -2.37. The van der Waals surface area contributed by atoms with E-state index in [1.807, 2.05) is 18.2 Å². The minimum atomic E-state index is -0.247. The number of benzene rings is 2. The van der Waals surface area contributed by atoms with E-state index in [-0.39, 0.29) is 30.6 Å². The molecule has 0 unspecified atom stereocenters. The monoisotopic (exact) mass is 460 g/mol. The van der Waals surface area contributed by atoms with E-state index in [0.717, 1.165) is 63.5 Å². The molecule has 1 N–H and O–H groups in total. The molecule has 0 radical (unpaired) electrons. The number of nitrogens with one attached hydrogen (secondary N) is 1. The fourth-order valence-electron chi connectivity index (χ4n) is 3.17. The van der Waals surface area contributed by atoms with Gasteiger partial charge in [0.2, 0.25) is 0 Å². The summed E-state index contributed by atoms with van der Waals surface area (Å²) < 4.78 is 29.7. The highest BCUT2D eigenvalue weighted by Gasteiger charge is 2.09. The lowest BCUT2D eigenvalue weighted by atomic mass is 10.2. The number of halogens is 3. The number of rotatable bonds is 10. The predicted octanol–water partition coefficient (Wildman–Crippen LogP) is 4.07. The molecule has 0 saturated carbocycles. The van der Waals surface area contributed by atoms with Gasteiger partial charge in [0.15, 0.2) is 11.5 Å². The smallest absolute Gasteiger partial charge is 0.161 e. The highest BCUT2D eigenvalue weighted by atomic mass is 35.5. The highest BCUT2D eigenvalue weighted by molar-refractivity contribution is 5.85. The summed E-state index contributed by atoms with van der Waals surface area (Å²) in [6.07, 6.45) is 1.12. The summed E-state index contributed by atoms with van der Waals surface area (Å²) in [6.45, 7) is 7.02. The van der Waals surface area contributed by atoms with Crippen LogP contribution in [0.2, 0.25) is 0 Å². The van der Waals surface area contributed by atoms with E-state index in [1.54, 1.807) is 19.2 Å². The molecule has 0 spiro atoms. The standard InChI is InChI=1S/C22H29FN2O3.2ClH/c1-26-22-15-19(16-24-9-2-10-25-11-13-27-14-12-25)5-8-21(22)28-17-18-3-6-20(23)7-4-18;;/h3-8,15,24H,2,9-14,16-17H2,1H3;2*1H. The summed E-state index contributed by atoms with van der Waals surface area (Å²) in [5.74, 6) is 1.14. The topological polar surface area (TPSA) is 43.0 Å². The molecule has 8 heteroatoms. The second-order valence-corrected chi connectivity index (χ2v) is 6.88. The molecule has 1 saturated heterocycles. The van der Waals surface area contributed by atoms with E-state index in [9.17, 15) is 4.39 Å². The van der Waals surface area contributed by atoms with Crippen molar-refractivity contribution in [3.8, 4) is 11.5 Å². The SMILES string of the molecule is COc1cc(CNCCCN2CCOCC2)ccc1OCc1ccc(F)cc1.Cl.Cl. The van der Waals surface area contributed by atoms with Gasteiger partial charge in [0.25, 0.3) is 0 Å². The van der Waals surface area contributed by atoms with Gasteiger partial charge >= 0.3 is 0 Å². The van der Waals surface area contributed by atoms with Gasteiger partial charge in [-0.05, 0) is 54.9 Å². The molecule has 1 heterocycles. The Morgan fingerprint density at radius 1 is 1.00 bits per heavy atom. The van der Waals surface area contributed by atoms with Gasteiger partial charge in [-0.3, -0.25) is 4.90 Å². The van der Waals surface area contributed by atoms with Crippen molar-refractivity contribution in [3.63, 3.8) is 0 Å². The fraction of sp³-hybridized carbons (Fsp3) is 0.455. The molecule has 1 aliphatic heterocycles. The van der Waals surface area contributed by atoms with Gasteiger partial charge in [-0.15, -0.1) is 24.8 Å². The van der Waals surface area contributed by atoms with Crippen LogP contribution < -0.4 is 14.8 Å². The Morgan fingerprint density at radius 3 is 2.40 bits per heavy atom. The van der Waals surface area contributed by atoms with Gasteiger partial charge in [-0.1, -0.05) is 18.2 Å². The van der Waals surface area contributed by atoms with Gasteiger partial charge < -0.3 is 19.5 Å². The first-order chi connectivity index (χ1) is 13.7. The molecule has 3 rings (SSSR count). The Labute approximate surface area is 190 Å². The summed E-state index contributed by atoms with van der Waals surface area (Å²) in [7, 11) is 1.64. The van der Waals surface area contributed by atoms with E-state index in [4.69, 9.17) is 14.2 Å². The van der Waals surface area contributed by atoms with Crippen molar-refractivity contribution in [1.29, 1.82) is 0 Å². The predicted molar refractivity (Wildman–Crippen MR) is 122 cm³/mol. The van der Waals surface area contributed by atoms with Crippen LogP contribution in [0, 0.1) is 5.82 Å². The third kappa shape index (κ3) is 8.66. The Kier molecular flexibility index (Phi) is 12.7. The van der Waals surface area contributed by atoms with Gasteiger partial charge in [-0.2, -0.15) is 0 Å². The summed E-state index contributed by atoms with van der Waals surface area (Å²) >= 11 is 0. The fourth-order valence-corrected chi connectivity index (χ4v) is 3.17. The van der Waals surface area contributed by atoms with Crippen LogP contribution >= 0.6 is 24.8 Å². The van der Waals surface area contributed by atoms with Crippen LogP contribution in [-0.2, 0) is 17.9 Å². The molecule has 0 aliphatic carbocycles.